The number of carbonyl (C=O) groups excluding carboxylic acids is 1. The molecule has 0 radical (unpaired) electrons. The lowest BCUT2D eigenvalue weighted by atomic mass is 10.1. The zero-order chi connectivity index (χ0) is 17.4. The van der Waals surface area contributed by atoms with E-state index in [-0.39, 0.29) is 11.9 Å². The molecule has 3 heterocycles. The molecule has 0 spiro atoms. The van der Waals surface area contributed by atoms with Gasteiger partial charge in [-0.1, -0.05) is 0 Å². The van der Waals surface area contributed by atoms with E-state index in [1.54, 1.807) is 11.3 Å². The van der Waals surface area contributed by atoms with E-state index in [1.807, 2.05) is 47.7 Å². The Morgan fingerprint density at radius 1 is 1.20 bits per heavy atom. The lowest BCUT2D eigenvalue weighted by Gasteiger charge is -2.24. The first-order valence-electron chi connectivity index (χ1n) is 8.60. The van der Waals surface area contributed by atoms with Gasteiger partial charge in [0.1, 0.15) is 0 Å². The Morgan fingerprint density at radius 2 is 2.00 bits per heavy atom. The first kappa shape index (κ1) is 16.1. The molecule has 1 atom stereocenters. The third-order valence-electron chi connectivity index (χ3n) is 4.81. The van der Waals surface area contributed by atoms with Gasteiger partial charge in [-0.3, -0.25) is 4.79 Å². The number of benzene rings is 1. The zero-order valence-electron chi connectivity index (χ0n) is 14.5. The summed E-state index contributed by atoms with van der Waals surface area (Å²) in [5.41, 5.74) is 5.07. The van der Waals surface area contributed by atoms with Crippen molar-refractivity contribution in [3.63, 3.8) is 0 Å². The van der Waals surface area contributed by atoms with Crippen LogP contribution in [-0.2, 0) is 0 Å². The predicted molar refractivity (Wildman–Crippen MR) is 100 cm³/mol. The molecule has 128 valence electrons. The third-order valence-corrected chi connectivity index (χ3v) is 5.51. The van der Waals surface area contributed by atoms with Crippen molar-refractivity contribution in [1.82, 2.24) is 14.7 Å². The summed E-state index contributed by atoms with van der Waals surface area (Å²) in [5.74, 6) is 0.119. The van der Waals surface area contributed by atoms with E-state index >= 15 is 0 Å². The molecule has 0 N–H and O–H groups in total. The Bertz CT molecular complexity index is 880. The number of likely N-dealkylation sites (tertiary alicyclic amines) is 1. The average molecular weight is 351 g/mol. The predicted octanol–water partition coefficient (Wildman–Crippen LogP) is 4.53. The Morgan fingerprint density at radius 3 is 2.64 bits per heavy atom. The van der Waals surface area contributed by atoms with Crippen molar-refractivity contribution in [2.75, 3.05) is 6.54 Å². The number of nitrogens with zero attached hydrogens (tertiary/aromatic N) is 3. The molecule has 0 aliphatic carbocycles. The molecule has 3 aromatic rings. The topological polar surface area (TPSA) is 38.1 Å². The molecule has 25 heavy (non-hydrogen) atoms. The molecule has 1 aliphatic heterocycles. The first-order chi connectivity index (χ1) is 12.1. The van der Waals surface area contributed by atoms with E-state index in [1.165, 1.54) is 5.56 Å². The molecule has 1 fully saturated rings. The summed E-state index contributed by atoms with van der Waals surface area (Å²) in [6.07, 6.45) is 2.11. The van der Waals surface area contributed by atoms with Gasteiger partial charge in [-0.25, -0.2) is 4.68 Å². The number of hydrogen-bond donors (Lipinski definition) is 0. The van der Waals surface area contributed by atoms with Crippen LogP contribution in [0.15, 0.2) is 47.2 Å². The van der Waals surface area contributed by atoms with Gasteiger partial charge in [-0.05, 0) is 79.4 Å². The fourth-order valence-electron chi connectivity index (χ4n) is 3.62. The summed E-state index contributed by atoms with van der Waals surface area (Å²) in [6.45, 7) is 4.85. The maximum Gasteiger partial charge on any atom is 0.254 e. The van der Waals surface area contributed by atoms with Crippen molar-refractivity contribution in [2.24, 2.45) is 0 Å². The third kappa shape index (κ3) is 3.00. The smallest absolute Gasteiger partial charge is 0.254 e. The van der Waals surface area contributed by atoms with E-state index in [4.69, 9.17) is 0 Å². The van der Waals surface area contributed by atoms with Crippen LogP contribution in [0.3, 0.4) is 0 Å². The number of carbonyl (C=O) groups is 1. The van der Waals surface area contributed by atoms with Crippen LogP contribution in [0.1, 0.15) is 46.2 Å². The normalized spacial score (nSPS) is 17.2. The number of thiophene rings is 1. The Kier molecular flexibility index (Phi) is 4.17. The van der Waals surface area contributed by atoms with E-state index < -0.39 is 0 Å². The molecule has 5 heteroatoms. The Hall–Kier alpha value is -2.40. The number of aryl methyl sites for hydroxylation is 2. The summed E-state index contributed by atoms with van der Waals surface area (Å²) >= 11 is 1.69. The fourth-order valence-corrected chi connectivity index (χ4v) is 4.33. The van der Waals surface area contributed by atoms with Gasteiger partial charge in [0.15, 0.2) is 0 Å². The highest BCUT2D eigenvalue weighted by Gasteiger charge is 2.30. The van der Waals surface area contributed by atoms with E-state index in [0.717, 1.165) is 42.0 Å². The standard InChI is InChI=1S/C20H21N3OS/c1-14-12-15(2)23(21-14)18-7-5-16(6-8-18)20(24)22-10-3-4-19(22)17-9-11-25-13-17/h5-9,11-13,19H,3-4,10H2,1-2H3. The van der Waals surface area contributed by atoms with Crippen LogP contribution in [0, 0.1) is 13.8 Å². The SMILES string of the molecule is Cc1cc(C)n(-c2ccc(C(=O)N3CCCC3c3ccsc3)cc2)n1. The zero-order valence-corrected chi connectivity index (χ0v) is 15.3. The fraction of sp³-hybridized carbons (Fsp3) is 0.300. The second-order valence-electron chi connectivity index (χ2n) is 6.60. The van der Waals surface area contributed by atoms with E-state index in [0.29, 0.717) is 0 Å². The van der Waals surface area contributed by atoms with Crippen LogP contribution in [0.25, 0.3) is 5.69 Å². The van der Waals surface area contributed by atoms with Crippen molar-refractivity contribution < 1.29 is 4.79 Å². The van der Waals surface area contributed by atoms with Gasteiger partial charge in [0.25, 0.3) is 5.91 Å². The van der Waals surface area contributed by atoms with Gasteiger partial charge in [0, 0.05) is 17.8 Å². The minimum absolute atomic E-state index is 0.119. The van der Waals surface area contributed by atoms with Gasteiger partial charge in [-0.15, -0.1) is 0 Å². The van der Waals surface area contributed by atoms with Gasteiger partial charge in [0.05, 0.1) is 17.4 Å². The maximum absolute atomic E-state index is 13.0. The lowest BCUT2D eigenvalue weighted by Crippen LogP contribution is -2.30. The summed E-state index contributed by atoms with van der Waals surface area (Å²) < 4.78 is 1.91. The minimum Gasteiger partial charge on any atom is -0.332 e. The Balaban J connectivity index is 1.57. The van der Waals surface area contributed by atoms with Gasteiger partial charge >= 0.3 is 0 Å². The van der Waals surface area contributed by atoms with Gasteiger partial charge < -0.3 is 4.90 Å². The molecule has 4 nitrogen and oxygen atoms in total. The summed E-state index contributed by atoms with van der Waals surface area (Å²) in [7, 11) is 0. The summed E-state index contributed by atoms with van der Waals surface area (Å²) in [6, 6.07) is 12.2. The van der Waals surface area contributed by atoms with E-state index in [9.17, 15) is 4.79 Å². The summed E-state index contributed by atoms with van der Waals surface area (Å²) in [4.78, 5) is 15.0. The van der Waals surface area contributed by atoms with E-state index in [2.05, 4.69) is 28.0 Å². The maximum atomic E-state index is 13.0. The monoisotopic (exact) mass is 351 g/mol. The molecule has 1 aliphatic rings. The molecule has 2 aromatic heterocycles. The molecule has 1 saturated heterocycles. The quantitative estimate of drug-likeness (QED) is 0.695. The minimum atomic E-state index is 0.119. The number of rotatable bonds is 3. The van der Waals surface area contributed by atoms with Crippen LogP contribution >= 0.6 is 11.3 Å². The van der Waals surface area contributed by atoms with Gasteiger partial charge in [0.2, 0.25) is 0 Å². The number of amides is 1. The second kappa shape index (κ2) is 6.48. The largest absolute Gasteiger partial charge is 0.332 e. The highest BCUT2D eigenvalue weighted by atomic mass is 32.1. The highest BCUT2D eigenvalue weighted by molar-refractivity contribution is 7.08. The average Bonchev–Trinajstić information content (AvgIpc) is 3.34. The molecular weight excluding hydrogens is 330 g/mol. The number of aromatic nitrogens is 2. The van der Waals surface area contributed by atoms with Gasteiger partial charge in [-0.2, -0.15) is 16.4 Å². The van der Waals surface area contributed by atoms with Crippen molar-refractivity contribution >= 4 is 17.2 Å². The molecular formula is C20H21N3OS. The highest BCUT2D eigenvalue weighted by Crippen LogP contribution is 2.34. The molecule has 4 rings (SSSR count). The van der Waals surface area contributed by atoms with Crippen LogP contribution in [-0.4, -0.2) is 27.1 Å². The van der Waals surface area contributed by atoms with Crippen LogP contribution in [0.2, 0.25) is 0 Å². The first-order valence-corrected chi connectivity index (χ1v) is 9.54. The van der Waals surface area contributed by atoms with Crippen LogP contribution in [0.5, 0.6) is 0 Å². The van der Waals surface area contributed by atoms with Crippen LogP contribution < -0.4 is 0 Å². The number of hydrogen-bond acceptors (Lipinski definition) is 3. The molecule has 1 aromatic carbocycles. The molecule has 0 bridgehead atoms. The molecule has 1 unspecified atom stereocenters. The lowest BCUT2D eigenvalue weighted by molar-refractivity contribution is 0.0736. The Labute approximate surface area is 151 Å². The van der Waals surface area contributed by atoms with Crippen molar-refractivity contribution in [1.29, 1.82) is 0 Å². The van der Waals surface area contributed by atoms with Crippen LogP contribution in [0.4, 0.5) is 0 Å². The second-order valence-corrected chi connectivity index (χ2v) is 7.38. The van der Waals surface area contributed by atoms with Crippen molar-refractivity contribution in [2.45, 2.75) is 32.7 Å². The van der Waals surface area contributed by atoms with Crippen molar-refractivity contribution in [3.05, 3.63) is 69.7 Å². The molecule has 1 amide bonds. The molecule has 0 saturated carbocycles. The van der Waals surface area contributed by atoms with Crippen molar-refractivity contribution in [3.8, 4) is 5.69 Å². The summed E-state index contributed by atoms with van der Waals surface area (Å²) in [5, 5.41) is 8.74.